The van der Waals surface area contributed by atoms with Gasteiger partial charge in [0.15, 0.2) is 11.5 Å². The van der Waals surface area contributed by atoms with Gasteiger partial charge in [0.2, 0.25) is 5.91 Å². The summed E-state index contributed by atoms with van der Waals surface area (Å²) in [6.45, 7) is 2.40. The molecule has 0 saturated carbocycles. The lowest BCUT2D eigenvalue weighted by atomic mass is 9.83. The summed E-state index contributed by atoms with van der Waals surface area (Å²) in [7, 11) is 3.18. The minimum absolute atomic E-state index is 0.00210. The summed E-state index contributed by atoms with van der Waals surface area (Å²) < 4.78 is 10.7. The highest BCUT2D eigenvalue weighted by Crippen LogP contribution is 2.38. The monoisotopic (exact) mass is 477 g/mol. The minimum atomic E-state index is -0.215. The summed E-state index contributed by atoms with van der Waals surface area (Å²) >= 11 is 6.52. The van der Waals surface area contributed by atoms with E-state index in [2.05, 4.69) is 33.3 Å². The zero-order chi connectivity index (χ0) is 23.7. The van der Waals surface area contributed by atoms with Crippen molar-refractivity contribution in [3.63, 3.8) is 0 Å². The third-order valence-electron chi connectivity index (χ3n) is 6.80. The maximum Gasteiger partial charge on any atom is 0.229 e. The van der Waals surface area contributed by atoms with E-state index < -0.39 is 0 Å². The van der Waals surface area contributed by atoms with Crippen molar-refractivity contribution in [1.29, 1.82) is 0 Å². The summed E-state index contributed by atoms with van der Waals surface area (Å²) in [5, 5.41) is 3.86. The average molecular weight is 478 g/mol. The third-order valence-corrected chi connectivity index (χ3v) is 7.12. The number of methoxy groups -OCH3 is 2. The number of para-hydroxylation sites is 2. The lowest BCUT2D eigenvalue weighted by molar-refractivity contribution is -0.120. The number of piperazine rings is 1. The van der Waals surface area contributed by atoms with Crippen LogP contribution in [0.15, 0.2) is 66.7 Å². The van der Waals surface area contributed by atoms with Gasteiger partial charge in [0.05, 0.1) is 36.9 Å². The number of hydrogen-bond acceptors (Lipinski definition) is 5. The van der Waals surface area contributed by atoms with E-state index in [0.29, 0.717) is 23.6 Å². The van der Waals surface area contributed by atoms with Crippen molar-refractivity contribution < 1.29 is 14.3 Å². The van der Waals surface area contributed by atoms with Crippen LogP contribution in [0.25, 0.3) is 0 Å². The molecule has 1 amide bonds. The smallest absolute Gasteiger partial charge is 0.229 e. The number of nitrogens with zero attached hydrogens (tertiary/aromatic N) is 2. The van der Waals surface area contributed by atoms with Crippen LogP contribution in [0.1, 0.15) is 5.56 Å². The van der Waals surface area contributed by atoms with Crippen LogP contribution in [0, 0.1) is 5.92 Å². The van der Waals surface area contributed by atoms with Crippen molar-refractivity contribution in [2.45, 2.75) is 12.5 Å². The van der Waals surface area contributed by atoms with Crippen molar-refractivity contribution in [3.05, 3.63) is 77.3 Å². The van der Waals surface area contributed by atoms with Crippen molar-refractivity contribution >= 4 is 34.6 Å². The van der Waals surface area contributed by atoms with Crippen molar-refractivity contribution in [1.82, 2.24) is 0 Å². The predicted molar refractivity (Wildman–Crippen MR) is 137 cm³/mol. The number of amides is 1. The molecule has 2 heterocycles. The van der Waals surface area contributed by atoms with Crippen LogP contribution in [-0.2, 0) is 11.2 Å². The van der Waals surface area contributed by atoms with Gasteiger partial charge in [0, 0.05) is 37.1 Å². The van der Waals surface area contributed by atoms with Gasteiger partial charge < -0.3 is 24.6 Å². The standard InChI is InChI=1S/C27H28ClN3O3/c1-33-25-12-11-19(16-26(25)34-2)29-27(32)20-15-18-7-3-5-9-22(18)31-14-13-30(17-24(20)31)23-10-6-4-8-21(23)28/h3-12,16,20,24H,13-15,17H2,1-2H3,(H,29,32)/t20-,24+/m0/s1. The first-order valence-corrected chi connectivity index (χ1v) is 11.8. The quantitative estimate of drug-likeness (QED) is 0.568. The third kappa shape index (κ3) is 4.14. The van der Waals surface area contributed by atoms with Crippen LogP contribution < -0.4 is 24.6 Å². The molecule has 0 aromatic heterocycles. The molecule has 2 atom stereocenters. The van der Waals surface area contributed by atoms with E-state index in [-0.39, 0.29) is 17.9 Å². The molecule has 0 spiro atoms. The number of halogens is 1. The van der Waals surface area contributed by atoms with Crippen LogP contribution in [0.5, 0.6) is 11.5 Å². The highest BCUT2D eigenvalue weighted by Gasteiger charge is 2.41. The second-order valence-corrected chi connectivity index (χ2v) is 9.06. The molecular formula is C27H28ClN3O3. The fourth-order valence-electron chi connectivity index (χ4n) is 5.13. The first-order chi connectivity index (χ1) is 16.6. The summed E-state index contributed by atoms with van der Waals surface area (Å²) in [5.74, 6) is 0.991. The topological polar surface area (TPSA) is 54.0 Å². The first-order valence-electron chi connectivity index (χ1n) is 11.5. The molecule has 2 aliphatic rings. The second kappa shape index (κ2) is 9.47. The highest BCUT2D eigenvalue weighted by atomic mass is 35.5. The largest absolute Gasteiger partial charge is 0.493 e. The molecule has 5 rings (SSSR count). The van der Waals surface area contributed by atoms with E-state index >= 15 is 0 Å². The van der Waals surface area contributed by atoms with Crippen molar-refractivity contribution in [2.24, 2.45) is 5.92 Å². The zero-order valence-corrected chi connectivity index (χ0v) is 20.1. The van der Waals surface area contributed by atoms with Gasteiger partial charge in [-0.1, -0.05) is 41.9 Å². The Bertz CT molecular complexity index is 1200. The van der Waals surface area contributed by atoms with Gasteiger partial charge in [-0.15, -0.1) is 0 Å². The predicted octanol–water partition coefficient (Wildman–Crippen LogP) is 4.86. The van der Waals surface area contributed by atoms with E-state index in [9.17, 15) is 4.79 Å². The number of ether oxygens (including phenoxy) is 2. The molecule has 7 heteroatoms. The molecule has 0 aliphatic carbocycles. The number of hydrogen-bond donors (Lipinski definition) is 1. The summed E-state index contributed by atoms with van der Waals surface area (Å²) in [6.07, 6.45) is 0.687. The number of rotatable bonds is 5. The normalized spacial score (nSPS) is 19.1. The Morgan fingerprint density at radius 3 is 2.44 bits per heavy atom. The molecule has 3 aromatic carbocycles. The molecule has 2 aliphatic heterocycles. The lowest BCUT2D eigenvalue weighted by Crippen LogP contribution is -2.60. The first kappa shape index (κ1) is 22.4. The maximum atomic E-state index is 13.6. The van der Waals surface area contributed by atoms with Crippen molar-refractivity contribution in [3.8, 4) is 11.5 Å². The average Bonchev–Trinajstić information content (AvgIpc) is 2.88. The molecule has 34 heavy (non-hydrogen) atoms. The van der Waals surface area contributed by atoms with Gasteiger partial charge in [0.25, 0.3) is 0 Å². The Hall–Kier alpha value is -3.38. The molecular weight excluding hydrogens is 450 g/mol. The van der Waals surface area contributed by atoms with E-state index in [1.807, 2.05) is 36.4 Å². The van der Waals surface area contributed by atoms with Gasteiger partial charge in [0.1, 0.15) is 0 Å². The van der Waals surface area contributed by atoms with E-state index in [1.54, 1.807) is 26.4 Å². The van der Waals surface area contributed by atoms with E-state index in [4.69, 9.17) is 21.1 Å². The number of benzene rings is 3. The van der Waals surface area contributed by atoms with E-state index in [1.165, 1.54) is 11.3 Å². The van der Waals surface area contributed by atoms with Crippen molar-refractivity contribution in [2.75, 3.05) is 49.0 Å². The molecule has 3 aromatic rings. The molecule has 1 N–H and O–H groups in total. The molecule has 1 saturated heterocycles. The number of carbonyl (C=O) groups excluding carboxylic acids is 1. The Kier molecular flexibility index (Phi) is 6.24. The lowest BCUT2D eigenvalue weighted by Gasteiger charge is -2.49. The fraction of sp³-hybridized carbons (Fsp3) is 0.296. The SMILES string of the molecule is COc1ccc(NC(=O)[C@H]2Cc3ccccc3N3CCN(c4ccccc4Cl)C[C@H]23)cc1OC. The highest BCUT2D eigenvalue weighted by molar-refractivity contribution is 6.33. The molecule has 0 radical (unpaired) electrons. The fourth-order valence-corrected chi connectivity index (χ4v) is 5.39. The summed E-state index contributed by atoms with van der Waals surface area (Å²) in [4.78, 5) is 18.3. The molecule has 1 fully saturated rings. The van der Waals surface area contributed by atoms with Crippen LogP contribution in [-0.4, -0.2) is 45.8 Å². The minimum Gasteiger partial charge on any atom is -0.493 e. The summed E-state index contributed by atoms with van der Waals surface area (Å²) in [5.41, 5.74) is 4.13. The van der Waals surface area contributed by atoms with Crippen LogP contribution >= 0.6 is 11.6 Å². The van der Waals surface area contributed by atoms with Crippen LogP contribution in [0.3, 0.4) is 0 Å². The zero-order valence-electron chi connectivity index (χ0n) is 19.3. The van der Waals surface area contributed by atoms with Gasteiger partial charge in [-0.25, -0.2) is 0 Å². The molecule has 0 bridgehead atoms. The number of fused-ring (bicyclic) bond motifs is 3. The second-order valence-electron chi connectivity index (χ2n) is 8.66. The molecule has 0 unspecified atom stereocenters. The molecule has 176 valence electrons. The number of carbonyl (C=O) groups is 1. The number of anilines is 3. The van der Waals surface area contributed by atoms with Crippen LogP contribution in [0.4, 0.5) is 17.1 Å². The molecule has 6 nitrogen and oxygen atoms in total. The number of nitrogens with one attached hydrogen (secondary N) is 1. The maximum absolute atomic E-state index is 13.6. The Morgan fingerprint density at radius 2 is 1.68 bits per heavy atom. The van der Waals surface area contributed by atoms with Crippen LogP contribution in [0.2, 0.25) is 5.02 Å². The Labute approximate surface area is 205 Å². The summed E-state index contributed by atoms with van der Waals surface area (Å²) in [6, 6.07) is 21.8. The van der Waals surface area contributed by atoms with Gasteiger partial charge >= 0.3 is 0 Å². The van der Waals surface area contributed by atoms with Gasteiger partial charge in [-0.3, -0.25) is 4.79 Å². The van der Waals surface area contributed by atoms with Gasteiger partial charge in [-0.2, -0.15) is 0 Å². The van der Waals surface area contributed by atoms with Gasteiger partial charge in [-0.05, 0) is 42.3 Å². The van der Waals surface area contributed by atoms with E-state index in [0.717, 1.165) is 30.3 Å². The Morgan fingerprint density at radius 1 is 0.941 bits per heavy atom. The Balaban J connectivity index is 1.44.